The van der Waals surface area contributed by atoms with Crippen LogP contribution in [0.25, 0.3) is 10.8 Å². The van der Waals surface area contributed by atoms with Crippen LogP contribution in [-0.2, 0) is 29.1 Å². The normalized spacial score (nSPS) is 22.9. The van der Waals surface area contributed by atoms with Crippen molar-refractivity contribution in [1.82, 2.24) is 19.9 Å². The van der Waals surface area contributed by atoms with Crippen LogP contribution >= 0.6 is 0 Å². The van der Waals surface area contributed by atoms with Crippen LogP contribution in [0.3, 0.4) is 0 Å². The zero-order chi connectivity index (χ0) is 44.7. The number of alkyl halides is 3. The summed E-state index contributed by atoms with van der Waals surface area (Å²) in [5.41, 5.74) is -3.93. The van der Waals surface area contributed by atoms with Gasteiger partial charge in [0.15, 0.2) is 12.1 Å². The Hall–Kier alpha value is -4.94. The summed E-state index contributed by atoms with van der Waals surface area (Å²) in [5, 5.41) is 4.10. The van der Waals surface area contributed by atoms with E-state index in [1.54, 1.807) is 64.1 Å². The van der Waals surface area contributed by atoms with Crippen LogP contribution in [-0.4, -0.2) is 128 Å². The molecule has 5 rings (SSSR count). The summed E-state index contributed by atoms with van der Waals surface area (Å²) in [6, 6.07) is 5.87. The Labute approximate surface area is 348 Å². The molecule has 1 saturated heterocycles. The van der Waals surface area contributed by atoms with Gasteiger partial charge in [-0.25, -0.2) is 21.6 Å². The van der Waals surface area contributed by atoms with Gasteiger partial charge in [-0.15, -0.1) is 4.58 Å². The van der Waals surface area contributed by atoms with E-state index in [4.69, 9.17) is 19.2 Å². The highest BCUT2D eigenvalue weighted by atomic mass is 32.2. The molecule has 0 bridgehead atoms. The predicted molar refractivity (Wildman–Crippen MR) is 218 cm³/mol. The molecule has 0 radical (unpaired) electrons. The van der Waals surface area contributed by atoms with Gasteiger partial charge < -0.3 is 29.3 Å². The lowest BCUT2D eigenvalue weighted by atomic mass is 9.93. The summed E-state index contributed by atoms with van der Waals surface area (Å²) >= 11 is 0. The minimum Gasteiger partial charge on any atom is -0.497 e. The fraction of sp³-hybridized carbons (Fsp3) is 0.610. The summed E-state index contributed by atoms with van der Waals surface area (Å²) < 4.78 is 86.6. The summed E-state index contributed by atoms with van der Waals surface area (Å²) in [5.74, 6) is -6.61. The highest BCUT2D eigenvalue weighted by molar-refractivity contribution is 7.91. The van der Waals surface area contributed by atoms with Crippen molar-refractivity contribution in [2.45, 2.75) is 101 Å². The van der Waals surface area contributed by atoms with E-state index in [1.807, 2.05) is 16.9 Å². The molecule has 330 valence electrons. The van der Waals surface area contributed by atoms with E-state index in [1.165, 1.54) is 12.0 Å². The number of amides is 4. The molecule has 2 aliphatic carbocycles. The number of anilines is 1. The molecular formula is C41H56F3N6O9S+. The van der Waals surface area contributed by atoms with E-state index in [9.17, 15) is 40.8 Å². The predicted octanol–water partition coefficient (Wildman–Crippen LogP) is 4.61. The number of carbonyl (C=O) groups excluding carboxylic acids is 4. The van der Waals surface area contributed by atoms with Crippen molar-refractivity contribution in [3.05, 3.63) is 36.4 Å². The molecule has 1 aliphatic heterocycles. The number of pyridine rings is 1. The molecule has 19 heteroatoms. The van der Waals surface area contributed by atoms with E-state index in [0.717, 1.165) is 23.8 Å². The Morgan fingerprint density at radius 3 is 2.37 bits per heavy atom. The summed E-state index contributed by atoms with van der Waals surface area (Å²) in [7, 11) is 0.703. The van der Waals surface area contributed by atoms with Crippen molar-refractivity contribution in [3.8, 4) is 11.6 Å². The largest absolute Gasteiger partial charge is 0.596 e. The Bertz CT molecular complexity index is 2170. The number of nitrogens with zero attached hydrogens (tertiary/aromatic N) is 4. The van der Waals surface area contributed by atoms with E-state index in [0.29, 0.717) is 23.9 Å². The number of hydrogen-bond donors (Lipinski definition) is 2. The van der Waals surface area contributed by atoms with E-state index >= 15 is 0 Å². The number of hydrogen-bond acceptors (Lipinski definition) is 11. The number of methoxy groups -OCH3 is 1. The highest BCUT2D eigenvalue weighted by Crippen LogP contribution is 2.48. The number of carbonyl (C=O) groups is 4. The minimum absolute atomic E-state index is 0.0324. The van der Waals surface area contributed by atoms with Crippen molar-refractivity contribution in [2.24, 2.45) is 17.8 Å². The van der Waals surface area contributed by atoms with E-state index in [-0.39, 0.29) is 44.7 Å². The maximum Gasteiger partial charge on any atom is 0.596 e. The molecule has 4 amide bonds. The Morgan fingerprint density at radius 2 is 1.82 bits per heavy atom. The van der Waals surface area contributed by atoms with Crippen molar-refractivity contribution >= 4 is 57.1 Å². The van der Waals surface area contributed by atoms with Gasteiger partial charge in [0.25, 0.3) is 11.8 Å². The molecule has 3 aliphatic rings. The lowest BCUT2D eigenvalue weighted by Gasteiger charge is -2.31. The first-order valence-corrected chi connectivity index (χ1v) is 21.2. The van der Waals surface area contributed by atoms with Crippen molar-refractivity contribution < 1.29 is 59.6 Å². The topological polar surface area (TPSA) is 177 Å². The zero-order valence-electron chi connectivity index (χ0n) is 35.5. The van der Waals surface area contributed by atoms with Gasteiger partial charge in [-0.2, -0.15) is 9.78 Å². The molecule has 5 unspecified atom stereocenters. The van der Waals surface area contributed by atoms with Gasteiger partial charge in [0.2, 0.25) is 27.7 Å². The molecule has 3 fully saturated rings. The van der Waals surface area contributed by atoms with Crippen molar-refractivity contribution in [1.29, 1.82) is 0 Å². The third-order valence-electron chi connectivity index (χ3n) is 11.8. The fourth-order valence-electron chi connectivity index (χ4n) is 7.09. The first-order valence-electron chi connectivity index (χ1n) is 19.8. The van der Waals surface area contributed by atoms with E-state index < -0.39 is 92.2 Å². The third kappa shape index (κ3) is 9.19. The van der Waals surface area contributed by atoms with Gasteiger partial charge >= 0.3 is 6.09 Å². The number of aromatic nitrogens is 1. The number of halogens is 3. The Kier molecular flexibility index (Phi) is 12.9. The average molecular weight is 866 g/mol. The lowest BCUT2D eigenvalue weighted by molar-refractivity contribution is -0.453. The van der Waals surface area contributed by atoms with Crippen LogP contribution in [0.2, 0.25) is 0 Å². The highest BCUT2D eigenvalue weighted by Gasteiger charge is 2.64. The maximum absolute atomic E-state index is 14.7. The lowest BCUT2D eigenvalue weighted by Crippen LogP contribution is -2.58. The number of sulfonamides is 1. The Balaban J connectivity index is 1.48. The molecule has 0 spiro atoms. The molecule has 2 heterocycles. The van der Waals surface area contributed by atoms with Gasteiger partial charge in [-0.05, 0) is 75.6 Å². The van der Waals surface area contributed by atoms with Crippen LogP contribution in [0.5, 0.6) is 11.6 Å². The monoisotopic (exact) mass is 865 g/mol. The maximum atomic E-state index is 14.7. The number of allylic oxidation sites excluding steroid dienone is 1. The first kappa shape index (κ1) is 46.1. The molecule has 1 aromatic carbocycles. The Morgan fingerprint density at radius 1 is 1.15 bits per heavy atom. The second-order valence-corrected chi connectivity index (χ2v) is 19.2. The second kappa shape index (κ2) is 16.8. The molecule has 2 N–H and O–H groups in total. The summed E-state index contributed by atoms with van der Waals surface area (Å²) in [6.45, 7) is 9.79. The van der Waals surface area contributed by atoms with Gasteiger partial charge in [-0.3, -0.25) is 19.1 Å². The number of ether oxygens (including phenoxy) is 3. The van der Waals surface area contributed by atoms with Gasteiger partial charge in [0.05, 0.1) is 19.6 Å². The number of fused-ring (bicyclic) bond motifs is 1. The number of rotatable bonds is 17. The molecule has 5 atom stereocenters. The van der Waals surface area contributed by atoms with Crippen molar-refractivity contribution in [2.75, 3.05) is 45.9 Å². The fourth-order valence-corrected chi connectivity index (χ4v) is 8.52. The van der Waals surface area contributed by atoms with Gasteiger partial charge in [0.1, 0.15) is 47.4 Å². The average Bonchev–Trinajstić information content (AvgIpc) is 4.07. The second-order valence-electron chi connectivity index (χ2n) is 17.1. The summed E-state index contributed by atoms with van der Waals surface area (Å²) in [6.07, 6.45) is 1.27. The standard InChI is InChI=1S/C41H55F3N6O9S/c1-11-12-26-20-41(26,36(53)47-60(55,56)40(23-42)15-16-40)46-33(51)31-19-28(58-34-29-14-13-27(57-10)17-25(29)18-32(45-34)48(7)8)21-50(31)35(52)30(24(2)3)22-49(9)37(54)59-38(4,5)39(6,43)44/h11-14,17-18,24,26,28,30-31H,9,15-16,19-23H2,1-8,10H3,(H-,46,47,51,53)/p+1. The molecule has 60 heavy (non-hydrogen) atoms. The van der Waals surface area contributed by atoms with Crippen molar-refractivity contribution in [3.63, 3.8) is 0 Å². The zero-order valence-corrected chi connectivity index (χ0v) is 36.3. The number of benzene rings is 1. The molecule has 2 aromatic rings. The molecule has 2 saturated carbocycles. The quantitative estimate of drug-likeness (QED) is 0.129. The van der Waals surface area contributed by atoms with Crippen LogP contribution < -0.4 is 24.4 Å². The molecule has 1 aromatic heterocycles. The number of nitrogens with one attached hydrogen (secondary N) is 2. The van der Waals surface area contributed by atoms with Crippen LogP contribution in [0.4, 0.5) is 23.8 Å². The number of likely N-dealkylation sites (tertiary alicyclic amines) is 1. The molecular weight excluding hydrogens is 810 g/mol. The van der Waals surface area contributed by atoms with E-state index in [2.05, 4.69) is 12.0 Å². The minimum atomic E-state index is -4.44. The van der Waals surface area contributed by atoms with Crippen LogP contribution in [0.15, 0.2) is 36.4 Å². The summed E-state index contributed by atoms with van der Waals surface area (Å²) in [4.78, 5) is 63.8. The van der Waals surface area contributed by atoms with Gasteiger partial charge in [0, 0.05) is 38.7 Å². The van der Waals surface area contributed by atoms with Gasteiger partial charge in [-0.1, -0.05) is 26.0 Å². The van der Waals surface area contributed by atoms with Crippen LogP contribution in [0.1, 0.15) is 67.2 Å². The van der Waals surface area contributed by atoms with Crippen LogP contribution in [0, 0.1) is 17.8 Å². The SMILES string of the molecule is C=[N+](CC(C(=O)N1CC(Oc2nc(N(C)C)cc3cc(OC)ccc23)CC1C(=O)NC1(C(=O)NS(=O)(=O)C2(CF)CC2)CC1C=CC)C(C)C)C(=O)OC(C)(C)C(C)(F)F. The molecule has 15 nitrogen and oxygen atoms in total. The smallest absolute Gasteiger partial charge is 0.497 e. The first-order chi connectivity index (χ1) is 27.9. The third-order valence-corrected chi connectivity index (χ3v) is 13.9.